The van der Waals surface area contributed by atoms with Gasteiger partial charge in [0.25, 0.3) is 5.91 Å². The highest BCUT2D eigenvalue weighted by Crippen LogP contribution is 2.11. The SMILES string of the molecule is CCNS(=O)(=O)c1ccc(C(=O)NCCCN2CCCCCC2)cc1. The van der Waals surface area contributed by atoms with E-state index in [1.54, 1.807) is 19.1 Å². The van der Waals surface area contributed by atoms with Crippen molar-refractivity contribution in [1.29, 1.82) is 0 Å². The molecule has 2 N–H and O–H groups in total. The summed E-state index contributed by atoms with van der Waals surface area (Å²) in [4.78, 5) is 14.8. The summed E-state index contributed by atoms with van der Waals surface area (Å²) in [5, 5.41) is 2.91. The van der Waals surface area contributed by atoms with Crippen LogP contribution in [0.25, 0.3) is 0 Å². The van der Waals surface area contributed by atoms with Crippen molar-refractivity contribution in [2.45, 2.75) is 43.9 Å². The van der Waals surface area contributed by atoms with E-state index in [0.717, 1.165) is 26.1 Å². The minimum absolute atomic E-state index is 0.164. The third-order valence-corrected chi connectivity index (χ3v) is 5.96. The molecule has 0 atom stereocenters. The van der Waals surface area contributed by atoms with Gasteiger partial charge in [0.05, 0.1) is 4.90 Å². The maximum absolute atomic E-state index is 12.1. The number of hydrogen-bond donors (Lipinski definition) is 2. The quantitative estimate of drug-likeness (QED) is 0.689. The number of sulfonamides is 1. The van der Waals surface area contributed by atoms with E-state index in [-0.39, 0.29) is 10.8 Å². The first kappa shape index (κ1) is 19.9. The fourth-order valence-electron chi connectivity index (χ4n) is 3.03. The van der Waals surface area contributed by atoms with Crippen LogP contribution in [0.4, 0.5) is 0 Å². The molecular weight excluding hydrogens is 338 g/mol. The van der Waals surface area contributed by atoms with Gasteiger partial charge in [-0.05, 0) is 63.2 Å². The number of likely N-dealkylation sites (tertiary alicyclic amines) is 1. The van der Waals surface area contributed by atoms with E-state index >= 15 is 0 Å². The number of carbonyl (C=O) groups excluding carboxylic acids is 1. The van der Waals surface area contributed by atoms with E-state index < -0.39 is 10.0 Å². The number of amides is 1. The highest BCUT2D eigenvalue weighted by Gasteiger charge is 2.14. The molecule has 1 heterocycles. The molecule has 1 aromatic carbocycles. The molecule has 1 aliphatic heterocycles. The smallest absolute Gasteiger partial charge is 0.251 e. The minimum Gasteiger partial charge on any atom is -0.352 e. The summed E-state index contributed by atoms with van der Waals surface area (Å²) in [6.07, 6.45) is 6.13. The Morgan fingerprint density at radius 3 is 2.32 bits per heavy atom. The van der Waals surface area contributed by atoms with Crippen LogP contribution < -0.4 is 10.0 Å². The Bertz CT molecular complexity index is 636. The van der Waals surface area contributed by atoms with Gasteiger partial charge in [0.15, 0.2) is 0 Å². The van der Waals surface area contributed by atoms with Gasteiger partial charge >= 0.3 is 0 Å². The first-order valence-electron chi connectivity index (χ1n) is 9.13. The summed E-state index contributed by atoms with van der Waals surface area (Å²) in [6.45, 7) is 6.03. The van der Waals surface area contributed by atoms with Gasteiger partial charge in [-0.25, -0.2) is 13.1 Å². The number of nitrogens with one attached hydrogen (secondary N) is 2. The second-order valence-corrected chi connectivity index (χ2v) is 8.16. The lowest BCUT2D eigenvalue weighted by Gasteiger charge is -2.19. The highest BCUT2D eigenvalue weighted by molar-refractivity contribution is 7.89. The van der Waals surface area contributed by atoms with Gasteiger partial charge in [-0.3, -0.25) is 4.79 Å². The number of carbonyl (C=O) groups is 1. The van der Waals surface area contributed by atoms with Gasteiger partial charge in [0.2, 0.25) is 10.0 Å². The molecule has 1 aliphatic rings. The molecule has 0 aromatic heterocycles. The topological polar surface area (TPSA) is 78.5 Å². The second kappa shape index (κ2) is 9.89. The molecule has 140 valence electrons. The van der Waals surface area contributed by atoms with Gasteiger partial charge < -0.3 is 10.2 Å². The molecule has 25 heavy (non-hydrogen) atoms. The van der Waals surface area contributed by atoms with E-state index in [2.05, 4.69) is 14.9 Å². The number of rotatable bonds is 8. The third kappa shape index (κ3) is 6.41. The van der Waals surface area contributed by atoms with E-state index in [1.807, 2.05) is 0 Å². The van der Waals surface area contributed by atoms with E-state index in [1.165, 1.54) is 37.8 Å². The first-order chi connectivity index (χ1) is 12.0. The zero-order chi connectivity index (χ0) is 18.1. The fourth-order valence-corrected chi connectivity index (χ4v) is 4.07. The molecule has 7 heteroatoms. The Morgan fingerprint density at radius 2 is 1.72 bits per heavy atom. The first-order valence-corrected chi connectivity index (χ1v) is 10.6. The van der Waals surface area contributed by atoms with Crippen LogP contribution in [-0.4, -0.2) is 51.9 Å². The Morgan fingerprint density at radius 1 is 1.08 bits per heavy atom. The molecule has 0 aliphatic carbocycles. The van der Waals surface area contributed by atoms with E-state index in [0.29, 0.717) is 18.7 Å². The summed E-state index contributed by atoms with van der Waals surface area (Å²) in [7, 11) is -3.48. The lowest BCUT2D eigenvalue weighted by molar-refractivity contribution is 0.0951. The van der Waals surface area contributed by atoms with Crippen LogP contribution in [0, 0.1) is 0 Å². The molecule has 0 bridgehead atoms. The van der Waals surface area contributed by atoms with Crippen LogP contribution >= 0.6 is 0 Å². The zero-order valence-electron chi connectivity index (χ0n) is 15.0. The summed E-state index contributed by atoms with van der Waals surface area (Å²) in [5.74, 6) is -0.164. The monoisotopic (exact) mass is 367 g/mol. The average Bonchev–Trinajstić information content (AvgIpc) is 2.87. The van der Waals surface area contributed by atoms with Gasteiger partial charge in [-0.2, -0.15) is 0 Å². The molecule has 0 radical (unpaired) electrons. The van der Waals surface area contributed by atoms with Crippen molar-refractivity contribution in [2.75, 3.05) is 32.7 Å². The van der Waals surface area contributed by atoms with Crippen molar-refractivity contribution in [3.63, 3.8) is 0 Å². The van der Waals surface area contributed by atoms with E-state index in [4.69, 9.17) is 0 Å². The number of hydrogen-bond acceptors (Lipinski definition) is 4. The van der Waals surface area contributed by atoms with Crippen LogP contribution in [0.5, 0.6) is 0 Å². The lowest BCUT2D eigenvalue weighted by Crippen LogP contribution is -2.30. The van der Waals surface area contributed by atoms with Gasteiger partial charge in [0, 0.05) is 18.7 Å². The maximum atomic E-state index is 12.1. The summed E-state index contributed by atoms with van der Waals surface area (Å²) in [5.41, 5.74) is 0.477. The van der Waals surface area contributed by atoms with Crippen LogP contribution in [0.2, 0.25) is 0 Å². The Labute approximate surface area is 151 Å². The van der Waals surface area contributed by atoms with Crippen molar-refractivity contribution in [1.82, 2.24) is 14.9 Å². The summed E-state index contributed by atoms with van der Waals surface area (Å²) < 4.78 is 26.2. The van der Waals surface area contributed by atoms with Crippen LogP contribution in [0.3, 0.4) is 0 Å². The Hall–Kier alpha value is -1.44. The Balaban J connectivity index is 1.77. The van der Waals surface area contributed by atoms with Crippen LogP contribution in [0.15, 0.2) is 29.2 Å². The zero-order valence-corrected chi connectivity index (χ0v) is 15.8. The normalized spacial score (nSPS) is 16.4. The molecule has 2 rings (SSSR count). The third-order valence-electron chi connectivity index (χ3n) is 4.40. The molecule has 1 aromatic rings. The molecular formula is C18H29N3O3S. The predicted molar refractivity (Wildman–Crippen MR) is 99.2 cm³/mol. The molecule has 0 spiro atoms. The molecule has 1 fully saturated rings. The van der Waals surface area contributed by atoms with Crippen LogP contribution in [0.1, 0.15) is 49.4 Å². The number of nitrogens with zero attached hydrogens (tertiary/aromatic N) is 1. The molecule has 1 saturated heterocycles. The largest absolute Gasteiger partial charge is 0.352 e. The van der Waals surface area contributed by atoms with Crippen LogP contribution in [-0.2, 0) is 10.0 Å². The minimum atomic E-state index is -3.48. The van der Waals surface area contributed by atoms with Gasteiger partial charge in [-0.15, -0.1) is 0 Å². The molecule has 1 amide bonds. The number of benzene rings is 1. The fraction of sp³-hybridized carbons (Fsp3) is 0.611. The second-order valence-electron chi connectivity index (χ2n) is 6.39. The van der Waals surface area contributed by atoms with Crippen molar-refractivity contribution < 1.29 is 13.2 Å². The predicted octanol–water partition coefficient (Wildman–Crippen LogP) is 1.98. The lowest BCUT2D eigenvalue weighted by atomic mass is 10.2. The Kier molecular flexibility index (Phi) is 7.87. The summed E-state index contributed by atoms with van der Waals surface area (Å²) in [6, 6.07) is 6.02. The van der Waals surface area contributed by atoms with Gasteiger partial charge in [0.1, 0.15) is 0 Å². The maximum Gasteiger partial charge on any atom is 0.251 e. The van der Waals surface area contributed by atoms with Crippen molar-refractivity contribution in [3.8, 4) is 0 Å². The highest BCUT2D eigenvalue weighted by atomic mass is 32.2. The molecule has 0 unspecified atom stereocenters. The summed E-state index contributed by atoms with van der Waals surface area (Å²) >= 11 is 0. The van der Waals surface area contributed by atoms with Crippen molar-refractivity contribution >= 4 is 15.9 Å². The average molecular weight is 368 g/mol. The van der Waals surface area contributed by atoms with Crippen molar-refractivity contribution in [3.05, 3.63) is 29.8 Å². The standard InChI is InChI=1S/C18H29N3O3S/c1-2-20-25(23,24)17-10-8-16(9-11-17)18(22)19-12-7-15-21-13-5-3-4-6-14-21/h8-11,20H,2-7,12-15H2,1H3,(H,19,22). The molecule has 6 nitrogen and oxygen atoms in total. The van der Waals surface area contributed by atoms with E-state index in [9.17, 15) is 13.2 Å². The van der Waals surface area contributed by atoms with Crippen molar-refractivity contribution in [2.24, 2.45) is 0 Å². The molecule has 0 saturated carbocycles. The van der Waals surface area contributed by atoms with Gasteiger partial charge in [-0.1, -0.05) is 19.8 Å².